The molecule has 0 fully saturated rings. The van der Waals surface area contributed by atoms with Gasteiger partial charge in [0, 0.05) is 31.4 Å². The Bertz CT molecular complexity index is 1550. The van der Waals surface area contributed by atoms with Gasteiger partial charge in [-0.2, -0.15) is 10.4 Å². The van der Waals surface area contributed by atoms with E-state index in [0.29, 0.717) is 22.6 Å². The van der Waals surface area contributed by atoms with Crippen LogP contribution in [0.25, 0.3) is 23.0 Å². The van der Waals surface area contributed by atoms with Crippen molar-refractivity contribution < 1.29 is 17.6 Å². The molecule has 0 unspecified atom stereocenters. The summed E-state index contributed by atoms with van der Waals surface area (Å²) in [7, 11) is -0.759. The number of nitrogens with zero attached hydrogens (tertiary/aromatic N) is 4. The first kappa shape index (κ1) is 24.7. The Kier molecular flexibility index (Phi) is 7.15. The summed E-state index contributed by atoms with van der Waals surface area (Å²) in [4.78, 5) is 12.8. The summed E-state index contributed by atoms with van der Waals surface area (Å²) in [6.45, 7) is 0.130. The number of benzene rings is 2. The molecule has 0 atom stereocenters. The Hall–Kier alpha value is -4.46. The maximum absolute atomic E-state index is 12.7. The summed E-state index contributed by atoms with van der Waals surface area (Å²) in [6, 6.07) is 21.1. The van der Waals surface area contributed by atoms with E-state index in [-0.39, 0.29) is 17.0 Å². The van der Waals surface area contributed by atoms with Gasteiger partial charge in [-0.1, -0.05) is 30.3 Å². The van der Waals surface area contributed by atoms with Crippen LogP contribution in [0.2, 0.25) is 0 Å². The quantitative estimate of drug-likeness (QED) is 0.291. The second-order valence-corrected chi connectivity index (χ2v) is 10.1. The number of sulfonamides is 1. The summed E-state index contributed by atoms with van der Waals surface area (Å²) in [6.07, 6.45) is 4.62. The van der Waals surface area contributed by atoms with Crippen molar-refractivity contribution in [1.82, 2.24) is 19.4 Å². The van der Waals surface area contributed by atoms with Crippen LogP contribution in [0.4, 0.5) is 0 Å². The molecule has 0 saturated heterocycles. The summed E-state index contributed by atoms with van der Waals surface area (Å²) < 4.78 is 33.4. The van der Waals surface area contributed by atoms with Crippen LogP contribution in [0.5, 0.6) is 0 Å². The molecule has 0 aliphatic heterocycles. The van der Waals surface area contributed by atoms with Crippen molar-refractivity contribution in [3.63, 3.8) is 0 Å². The normalized spacial score (nSPS) is 11.9. The highest BCUT2D eigenvalue weighted by atomic mass is 32.2. The van der Waals surface area contributed by atoms with Gasteiger partial charge in [-0.3, -0.25) is 4.79 Å². The lowest BCUT2D eigenvalue weighted by molar-refractivity contribution is -0.117. The molecule has 9 nitrogen and oxygen atoms in total. The lowest BCUT2D eigenvalue weighted by atomic mass is 10.1. The summed E-state index contributed by atoms with van der Waals surface area (Å²) in [5, 5.41) is 17.0. The fourth-order valence-electron chi connectivity index (χ4n) is 3.42. The lowest BCUT2D eigenvalue weighted by Crippen LogP contribution is -2.23. The van der Waals surface area contributed by atoms with Crippen LogP contribution >= 0.6 is 0 Å². The minimum atomic E-state index is -3.68. The van der Waals surface area contributed by atoms with Crippen molar-refractivity contribution in [1.29, 1.82) is 5.26 Å². The topological polar surface area (TPSA) is 121 Å². The fourth-order valence-corrected chi connectivity index (χ4v) is 4.37. The minimum Gasteiger partial charge on any atom is -0.467 e. The van der Waals surface area contributed by atoms with Gasteiger partial charge >= 0.3 is 0 Å². The van der Waals surface area contributed by atoms with Crippen molar-refractivity contribution in [2.45, 2.75) is 11.4 Å². The number of aromatic nitrogens is 2. The van der Waals surface area contributed by atoms with E-state index in [9.17, 15) is 18.5 Å². The van der Waals surface area contributed by atoms with Gasteiger partial charge in [0.25, 0.3) is 5.91 Å². The molecule has 0 bridgehead atoms. The molecule has 10 heteroatoms. The van der Waals surface area contributed by atoms with Crippen molar-refractivity contribution in [3.8, 4) is 23.0 Å². The van der Waals surface area contributed by atoms with E-state index in [4.69, 9.17) is 4.42 Å². The molecule has 4 aromatic rings. The van der Waals surface area contributed by atoms with Gasteiger partial charge < -0.3 is 9.73 Å². The molecule has 0 aliphatic carbocycles. The first-order valence-electron chi connectivity index (χ1n) is 10.9. The Labute approximate surface area is 208 Å². The van der Waals surface area contributed by atoms with E-state index in [1.165, 1.54) is 38.6 Å². The van der Waals surface area contributed by atoms with Crippen LogP contribution in [-0.4, -0.2) is 42.5 Å². The predicted octanol–water partition coefficient (Wildman–Crippen LogP) is 3.61. The molecule has 0 aliphatic rings. The third-order valence-electron chi connectivity index (χ3n) is 5.32. The van der Waals surface area contributed by atoms with Crippen molar-refractivity contribution in [3.05, 3.63) is 96.1 Å². The number of furan rings is 1. The molecule has 4 rings (SSSR count). The van der Waals surface area contributed by atoms with E-state index >= 15 is 0 Å². The van der Waals surface area contributed by atoms with Crippen molar-refractivity contribution in [2.75, 3.05) is 14.1 Å². The van der Waals surface area contributed by atoms with Crippen LogP contribution in [0.1, 0.15) is 11.3 Å². The SMILES string of the molecule is CN(C)S(=O)(=O)c1cccc(-c2nn(-c3ccccc3)cc2/C=C(\C#N)C(=O)NCc2ccco2)c1. The van der Waals surface area contributed by atoms with Gasteiger partial charge in [0.1, 0.15) is 23.1 Å². The molecule has 1 N–H and O–H groups in total. The molecule has 2 heterocycles. The van der Waals surface area contributed by atoms with Gasteiger partial charge in [0.05, 0.1) is 23.4 Å². The third kappa shape index (κ3) is 5.27. The van der Waals surface area contributed by atoms with Gasteiger partial charge in [0.2, 0.25) is 10.0 Å². The molecule has 0 spiro atoms. The first-order chi connectivity index (χ1) is 17.3. The second-order valence-electron chi connectivity index (χ2n) is 7.96. The molecule has 0 radical (unpaired) electrons. The van der Waals surface area contributed by atoms with E-state index in [2.05, 4.69) is 10.4 Å². The molecule has 2 aromatic heterocycles. The maximum atomic E-state index is 12.7. The Morgan fingerprint density at radius 2 is 1.92 bits per heavy atom. The van der Waals surface area contributed by atoms with Crippen LogP contribution in [0.15, 0.2) is 94.1 Å². The number of amides is 1. The van der Waals surface area contributed by atoms with Crippen LogP contribution in [0.3, 0.4) is 0 Å². The summed E-state index contributed by atoms with van der Waals surface area (Å²) in [5.41, 5.74) is 2.04. The van der Waals surface area contributed by atoms with Gasteiger partial charge in [-0.25, -0.2) is 17.4 Å². The number of carbonyl (C=O) groups excluding carboxylic acids is 1. The molecule has 0 saturated carbocycles. The molecule has 1 amide bonds. The number of para-hydroxylation sites is 1. The summed E-state index contributed by atoms with van der Waals surface area (Å²) >= 11 is 0. The highest BCUT2D eigenvalue weighted by molar-refractivity contribution is 7.89. The van der Waals surface area contributed by atoms with Gasteiger partial charge in [-0.15, -0.1) is 0 Å². The Morgan fingerprint density at radius 3 is 2.58 bits per heavy atom. The van der Waals surface area contributed by atoms with E-state index in [0.717, 1.165) is 9.99 Å². The highest BCUT2D eigenvalue weighted by Gasteiger charge is 2.20. The van der Waals surface area contributed by atoms with Crippen LogP contribution < -0.4 is 5.32 Å². The zero-order valence-electron chi connectivity index (χ0n) is 19.6. The van der Waals surface area contributed by atoms with Crippen LogP contribution in [0, 0.1) is 11.3 Å². The molecular weight excluding hydrogens is 478 g/mol. The van der Waals surface area contributed by atoms with E-state index in [1.54, 1.807) is 35.1 Å². The minimum absolute atomic E-state index is 0.103. The zero-order valence-corrected chi connectivity index (χ0v) is 20.4. The van der Waals surface area contributed by atoms with E-state index < -0.39 is 15.9 Å². The fraction of sp³-hybridized carbons (Fsp3) is 0.115. The predicted molar refractivity (Wildman–Crippen MR) is 134 cm³/mol. The maximum Gasteiger partial charge on any atom is 0.262 e. The number of nitrogens with one attached hydrogen (secondary N) is 1. The smallest absolute Gasteiger partial charge is 0.262 e. The monoisotopic (exact) mass is 501 g/mol. The van der Waals surface area contributed by atoms with Crippen molar-refractivity contribution in [2.24, 2.45) is 0 Å². The lowest BCUT2D eigenvalue weighted by Gasteiger charge is -2.12. The number of nitriles is 1. The molecular formula is C26H23N5O4S. The average molecular weight is 502 g/mol. The van der Waals surface area contributed by atoms with Crippen molar-refractivity contribution >= 4 is 22.0 Å². The Morgan fingerprint density at radius 1 is 1.14 bits per heavy atom. The van der Waals surface area contributed by atoms with Gasteiger partial charge in [0.15, 0.2) is 0 Å². The Balaban J connectivity index is 1.78. The standard InChI is InChI=1S/C26H23N5O4S/c1-30(2)36(33,34)24-12-6-8-19(15-24)25-21(18-31(29-25)22-9-4-3-5-10-22)14-20(16-27)26(32)28-17-23-11-7-13-35-23/h3-15,18H,17H2,1-2H3,(H,28,32)/b20-14+. The van der Waals surface area contributed by atoms with Gasteiger partial charge in [-0.05, 0) is 42.5 Å². The number of hydrogen-bond donors (Lipinski definition) is 1. The molecule has 2 aromatic carbocycles. The first-order valence-corrected chi connectivity index (χ1v) is 12.3. The number of carbonyl (C=O) groups is 1. The summed E-state index contributed by atoms with van der Waals surface area (Å²) in [5.74, 6) is -0.0200. The average Bonchev–Trinajstić information content (AvgIpc) is 3.56. The zero-order chi connectivity index (χ0) is 25.7. The molecule has 182 valence electrons. The number of hydrogen-bond acceptors (Lipinski definition) is 6. The largest absolute Gasteiger partial charge is 0.467 e. The third-order valence-corrected chi connectivity index (χ3v) is 7.13. The molecule has 36 heavy (non-hydrogen) atoms. The highest BCUT2D eigenvalue weighted by Crippen LogP contribution is 2.28. The number of rotatable bonds is 8. The van der Waals surface area contributed by atoms with E-state index in [1.807, 2.05) is 36.4 Å². The second kappa shape index (κ2) is 10.4. The van der Waals surface area contributed by atoms with Crippen LogP contribution in [-0.2, 0) is 21.4 Å².